The number of pyridine rings is 6. The van der Waals surface area contributed by atoms with E-state index < -0.39 is 0 Å². The average molecular weight is 991 g/mol. The van der Waals surface area contributed by atoms with Crippen LogP contribution in [0.5, 0.6) is 0 Å². The van der Waals surface area contributed by atoms with Crippen LogP contribution >= 0.6 is 0 Å². The Morgan fingerprint density at radius 3 is 0.731 bits per heavy atom. The molecule has 6 aromatic heterocycles. The van der Waals surface area contributed by atoms with Crippen molar-refractivity contribution in [1.29, 1.82) is 0 Å². The highest BCUT2D eigenvalue weighted by atomic mass is 14.7. The number of benzene rings is 10. The van der Waals surface area contributed by atoms with E-state index in [2.05, 4.69) is 218 Å². The number of nitrogens with zero attached hydrogens (tertiary/aromatic N) is 6. The van der Waals surface area contributed by atoms with E-state index >= 15 is 0 Å². The van der Waals surface area contributed by atoms with Crippen molar-refractivity contribution in [3.05, 3.63) is 255 Å². The standard InChI is InChI=1S/C72H42N6/c1-7-22-52(64-34-31-61-67-55(28-13-37-73-67)49-19-4-10-25-58(49)70(61)76-64)46(16-1)43-40-44(47-17-2-8-23-53(47)65-35-32-62-68-56(29-14-38-74-68)50-20-5-11-26-59(50)71(62)77-65)42-45(41-43)48-18-3-9-24-54(48)66-36-33-63-69-57(30-15-39-75-69)51-21-6-12-27-60(51)72(63)78-66/h1-42H. The third kappa shape index (κ3) is 6.83. The summed E-state index contributed by atoms with van der Waals surface area (Å²) < 4.78 is 0. The van der Waals surface area contributed by atoms with Crippen molar-refractivity contribution in [2.75, 3.05) is 0 Å². The molecule has 78 heavy (non-hydrogen) atoms. The molecule has 360 valence electrons. The Bertz CT molecular complexity index is 4550. The summed E-state index contributed by atoms with van der Waals surface area (Å²) in [6, 6.07) is 84.2. The van der Waals surface area contributed by atoms with Crippen LogP contribution in [0.2, 0.25) is 0 Å². The molecule has 0 saturated heterocycles. The molecule has 0 saturated carbocycles. The van der Waals surface area contributed by atoms with Gasteiger partial charge in [-0.25, -0.2) is 15.0 Å². The largest absolute Gasteiger partial charge is 0.256 e. The minimum absolute atomic E-state index is 0.885. The summed E-state index contributed by atoms with van der Waals surface area (Å²) >= 11 is 0. The van der Waals surface area contributed by atoms with E-state index in [1.807, 2.05) is 36.8 Å². The summed E-state index contributed by atoms with van der Waals surface area (Å²) in [5.74, 6) is 0. The summed E-state index contributed by atoms with van der Waals surface area (Å²) in [4.78, 5) is 31.3. The van der Waals surface area contributed by atoms with Gasteiger partial charge in [-0.05, 0) is 122 Å². The molecule has 0 amide bonds. The van der Waals surface area contributed by atoms with Crippen LogP contribution in [0.3, 0.4) is 0 Å². The molecule has 0 radical (unpaired) electrons. The van der Waals surface area contributed by atoms with Gasteiger partial charge in [0.25, 0.3) is 0 Å². The Balaban J connectivity index is 0.925. The molecule has 0 aliphatic rings. The number of aromatic nitrogens is 6. The van der Waals surface area contributed by atoms with Crippen LogP contribution in [0.15, 0.2) is 255 Å². The van der Waals surface area contributed by atoms with E-state index in [4.69, 9.17) is 29.9 Å². The molecule has 0 spiro atoms. The van der Waals surface area contributed by atoms with Gasteiger partial charge in [0.1, 0.15) is 0 Å². The van der Waals surface area contributed by atoms with Crippen LogP contribution in [-0.2, 0) is 0 Å². The second-order valence-corrected chi connectivity index (χ2v) is 20.0. The minimum Gasteiger partial charge on any atom is -0.256 e. The van der Waals surface area contributed by atoms with Gasteiger partial charge < -0.3 is 0 Å². The fourth-order valence-corrected chi connectivity index (χ4v) is 12.3. The van der Waals surface area contributed by atoms with Gasteiger partial charge in [0.2, 0.25) is 0 Å². The fourth-order valence-electron chi connectivity index (χ4n) is 12.3. The lowest BCUT2D eigenvalue weighted by atomic mass is 9.87. The van der Waals surface area contributed by atoms with E-state index in [0.717, 1.165) is 165 Å². The van der Waals surface area contributed by atoms with Crippen molar-refractivity contribution in [2.45, 2.75) is 0 Å². The zero-order chi connectivity index (χ0) is 51.3. The Kier molecular flexibility index (Phi) is 9.84. The zero-order valence-electron chi connectivity index (χ0n) is 41.9. The van der Waals surface area contributed by atoms with Crippen LogP contribution in [0.4, 0.5) is 0 Å². The van der Waals surface area contributed by atoms with E-state index in [-0.39, 0.29) is 0 Å². The highest BCUT2D eigenvalue weighted by Crippen LogP contribution is 2.44. The summed E-state index contributed by atoms with van der Waals surface area (Å²) in [7, 11) is 0. The van der Waals surface area contributed by atoms with Gasteiger partial charge in [0, 0.05) is 83.8 Å². The lowest BCUT2D eigenvalue weighted by molar-refractivity contribution is 1.39. The molecule has 0 N–H and O–H groups in total. The van der Waals surface area contributed by atoms with Gasteiger partial charge in [0.15, 0.2) is 0 Å². The molecule has 6 heteroatoms. The minimum atomic E-state index is 0.885. The fraction of sp³-hybridized carbons (Fsp3) is 0. The highest BCUT2D eigenvalue weighted by molar-refractivity contribution is 6.25. The molecule has 10 aromatic carbocycles. The molecule has 0 atom stereocenters. The molecular weight excluding hydrogens is 949 g/mol. The van der Waals surface area contributed by atoms with Gasteiger partial charge in [-0.2, -0.15) is 0 Å². The van der Waals surface area contributed by atoms with Crippen molar-refractivity contribution in [3.8, 4) is 67.2 Å². The molecule has 16 aromatic rings. The summed E-state index contributed by atoms with van der Waals surface area (Å²) in [5.41, 5.74) is 17.7. The smallest absolute Gasteiger partial charge is 0.0809 e. The van der Waals surface area contributed by atoms with E-state index in [9.17, 15) is 0 Å². The quantitative estimate of drug-likeness (QED) is 0.155. The topological polar surface area (TPSA) is 77.3 Å². The maximum atomic E-state index is 5.54. The van der Waals surface area contributed by atoms with Crippen molar-refractivity contribution in [1.82, 2.24) is 29.9 Å². The number of rotatable bonds is 6. The second-order valence-electron chi connectivity index (χ2n) is 20.0. The van der Waals surface area contributed by atoms with Crippen LogP contribution in [0, 0.1) is 0 Å². The molecule has 6 heterocycles. The zero-order valence-corrected chi connectivity index (χ0v) is 41.9. The summed E-state index contributed by atoms with van der Waals surface area (Å²) in [6.07, 6.45) is 5.61. The van der Waals surface area contributed by atoms with E-state index in [1.54, 1.807) is 0 Å². The molecule has 16 rings (SSSR count). The van der Waals surface area contributed by atoms with Crippen molar-refractivity contribution < 1.29 is 0 Å². The van der Waals surface area contributed by atoms with Crippen LogP contribution in [0.25, 0.3) is 165 Å². The van der Waals surface area contributed by atoms with Gasteiger partial charge in [-0.3, -0.25) is 15.0 Å². The number of hydrogen-bond donors (Lipinski definition) is 0. The van der Waals surface area contributed by atoms with Crippen LogP contribution in [-0.4, -0.2) is 29.9 Å². The Morgan fingerprint density at radius 1 is 0.179 bits per heavy atom. The van der Waals surface area contributed by atoms with E-state index in [1.165, 1.54) is 0 Å². The molecule has 6 nitrogen and oxygen atoms in total. The lowest BCUT2D eigenvalue weighted by Crippen LogP contribution is -1.95. The third-order valence-corrected chi connectivity index (χ3v) is 15.8. The summed E-state index contributed by atoms with van der Waals surface area (Å²) in [6.45, 7) is 0. The van der Waals surface area contributed by atoms with Gasteiger partial charge in [0.05, 0.1) is 50.2 Å². The first-order valence-electron chi connectivity index (χ1n) is 26.3. The molecule has 0 aliphatic heterocycles. The van der Waals surface area contributed by atoms with Crippen LogP contribution < -0.4 is 0 Å². The Hall–Kier alpha value is -10.6. The van der Waals surface area contributed by atoms with Crippen molar-refractivity contribution in [2.24, 2.45) is 0 Å². The van der Waals surface area contributed by atoms with Crippen molar-refractivity contribution >= 4 is 97.7 Å². The second kappa shape index (κ2) is 17.5. The van der Waals surface area contributed by atoms with Crippen molar-refractivity contribution in [3.63, 3.8) is 0 Å². The monoisotopic (exact) mass is 990 g/mol. The summed E-state index contributed by atoms with van der Waals surface area (Å²) in [5, 5.41) is 13.2. The number of hydrogen-bond acceptors (Lipinski definition) is 6. The molecule has 0 unspecified atom stereocenters. The van der Waals surface area contributed by atoms with Gasteiger partial charge >= 0.3 is 0 Å². The highest BCUT2D eigenvalue weighted by Gasteiger charge is 2.21. The predicted molar refractivity (Wildman–Crippen MR) is 323 cm³/mol. The first-order chi connectivity index (χ1) is 38.7. The SMILES string of the molecule is c1ccc(-c2ccc3c4ncccc4c4ccccc4c3n2)c(-c2cc(-c3ccccc3-c3ccc4c5ncccc5c5ccccc5c4n3)cc(-c3ccccc3-c3ccc4c5ncccc5c5ccccc5c4n3)c2)c1. The maximum Gasteiger partial charge on any atom is 0.0809 e. The lowest BCUT2D eigenvalue weighted by Gasteiger charge is -2.18. The van der Waals surface area contributed by atoms with Crippen LogP contribution in [0.1, 0.15) is 0 Å². The van der Waals surface area contributed by atoms with Gasteiger partial charge in [-0.15, -0.1) is 0 Å². The number of fused-ring (bicyclic) bond motifs is 18. The molecule has 0 fully saturated rings. The van der Waals surface area contributed by atoms with Gasteiger partial charge in [-0.1, -0.05) is 164 Å². The Labute approximate surface area is 447 Å². The predicted octanol–water partition coefficient (Wildman–Crippen LogP) is 18.4. The average Bonchev–Trinajstić information content (AvgIpc) is 3.66. The molecular formula is C72H42N6. The third-order valence-electron chi connectivity index (χ3n) is 15.8. The molecule has 0 bridgehead atoms. The first-order valence-corrected chi connectivity index (χ1v) is 26.3. The maximum absolute atomic E-state index is 5.54. The first kappa shape index (κ1) is 43.8. The normalized spacial score (nSPS) is 11.8. The van der Waals surface area contributed by atoms with E-state index in [0.29, 0.717) is 0 Å². The Morgan fingerprint density at radius 2 is 0.423 bits per heavy atom. The molecule has 0 aliphatic carbocycles.